The summed E-state index contributed by atoms with van der Waals surface area (Å²) in [6.07, 6.45) is 4.31. The van der Waals surface area contributed by atoms with Crippen LogP contribution in [0, 0.1) is 19.8 Å². The maximum Gasteiger partial charge on any atom is 0.223 e. The highest BCUT2D eigenvalue weighted by atomic mass is 32.1. The molecule has 1 amide bonds. The molecule has 1 unspecified atom stereocenters. The number of nitrogens with one attached hydrogen (secondary N) is 1. The van der Waals surface area contributed by atoms with Gasteiger partial charge in [-0.2, -0.15) is 0 Å². The number of piperidine rings is 1. The Hall–Kier alpha value is -1.66. The fourth-order valence-corrected chi connectivity index (χ4v) is 5.93. The first-order chi connectivity index (χ1) is 13.5. The molecule has 2 fully saturated rings. The number of anilines is 1. The SMILES string of the molecule is CCN1CCCC1CNC(=O)C1CCN(c2nc3c(C)cc(C)cc3s2)CC1. The lowest BCUT2D eigenvalue weighted by Crippen LogP contribution is -2.44. The second-order valence-electron chi connectivity index (χ2n) is 8.36. The Morgan fingerprint density at radius 2 is 2.00 bits per heavy atom. The summed E-state index contributed by atoms with van der Waals surface area (Å²) in [7, 11) is 0. The molecule has 2 aliphatic heterocycles. The van der Waals surface area contributed by atoms with E-state index in [0.29, 0.717) is 6.04 Å². The molecule has 1 N–H and O–H groups in total. The van der Waals surface area contributed by atoms with Crippen molar-refractivity contribution in [2.45, 2.75) is 52.5 Å². The number of likely N-dealkylation sites (tertiary alicyclic amines) is 1. The smallest absolute Gasteiger partial charge is 0.223 e. The number of hydrogen-bond donors (Lipinski definition) is 1. The average molecular weight is 401 g/mol. The first-order valence-corrected chi connectivity index (χ1v) is 11.5. The van der Waals surface area contributed by atoms with Gasteiger partial charge in [0.25, 0.3) is 0 Å². The third-order valence-electron chi connectivity index (χ3n) is 6.37. The minimum atomic E-state index is 0.145. The zero-order valence-corrected chi connectivity index (χ0v) is 18.1. The summed E-state index contributed by atoms with van der Waals surface area (Å²) >= 11 is 1.78. The minimum absolute atomic E-state index is 0.145. The summed E-state index contributed by atoms with van der Waals surface area (Å²) in [5, 5.41) is 4.34. The largest absolute Gasteiger partial charge is 0.354 e. The molecule has 0 bridgehead atoms. The van der Waals surface area contributed by atoms with E-state index in [1.165, 1.54) is 35.2 Å². The summed E-state index contributed by atoms with van der Waals surface area (Å²) in [5.41, 5.74) is 3.67. The van der Waals surface area contributed by atoms with Gasteiger partial charge in [0, 0.05) is 31.6 Å². The van der Waals surface area contributed by atoms with Crippen LogP contribution in [0.4, 0.5) is 5.13 Å². The van der Waals surface area contributed by atoms with Crippen LogP contribution in [0.1, 0.15) is 43.7 Å². The lowest BCUT2D eigenvalue weighted by atomic mass is 9.96. The summed E-state index contributed by atoms with van der Waals surface area (Å²) in [6.45, 7) is 11.4. The number of thiazole rings is 1. The van der Waals surface area contributed by atoms with Gasteiger partial charge in [-0.3, -0.25) is 9.69 Å². The van der Waals surface area contributed by atoms with Gasteiger partial charge in [-0.05, 0) is 69.8 Å². The predicted molar refractivity (Wildman–Crippen MR) is 117 cm³/mol. The molecule has 3 heterocycles. The van der Waals surface area contributed by atoms with Crippen molar-refractivity contribution < 1.29 is 4.79 Å². The molecule has 0 spiro atoms. The Morgan fingerprint density at radius 3 is 2.75 bits per heavy atom. The number of carbonyl (C=O) groups is 1. The van der Waals surface area contributed by atoms with E-state index >= 15 is 0 Å². The Morgan fingerprint density at radius 1 is 1.21 bits per heavy atom. The van der Waals surface area contributed by atoms with E-state index in [1.54, 1.807) is 11.3 Å². The quantitative estimate of drug-likeness (QED) is 0.831. The van der Waals surface area contributed by atoms with Crippen LogP contribution in [0.25, 0.3) is 10.2 Å². The number of hydrogen-bond acceptors (Lipinski definition) is 5. The van der Waals surface area contributed by atoms with E-state index in [0.717, 1.165) is 49.7 Å². The lowest BCUT2D eigenvalue weighted by molar-refractivity contribution is -0.125. The van der Waals surface area contributed by atoms with Crippen LogP contribution in [-0.2, 0) is 4.79 Å². The van der Waals surface area contributed by atoms with E-state index in [-0.39, 0.29) is 11.8 Å². The number of rotatable bonds is 5. The number of fused-ring (bicyclic) bond motifs is 1. The van der Waals surface area contributed by atoms with Crippen molar-refractivity contribution >= 4 is 32.6 Å². The first-order valence-electron chi connectivity index (χ1n) is 10.7. The number of aromatic nitrogens is 1. The number of nitrogens with zero attached hydrogens (tertiary/aromatic N) is 3. The molecule has 0 aliphatic carbocycles. The van der Waals surface area contributed by atoms with Crippen LogP contribution in [0.15, 0.2) is 12.1 Å². The molecule has 5 nitrogen and oxygen atoms in total. The van der Waals surface area contributed by atoms with Crippen molar-refractivity contribution in [1.82, 2.24) is 15.2 Å². The van der Waals surface area contributed by atoms with Crippen LogP contribution in [0.3, 0.4) is 0 Å². The highest BCUT2D eigenvalue weighted by Gasteiger charge is 2.28. The molecule has 1 aromatic carbocycles. The molecule has 6 heteroatoms. The lowest BCUT2D eigenvalue weighted by Gasteiger charge is -2.31. The van der Waals surface area contributed by atoms with Gasteiger partial charge in [0.1, 0.15) is 0 Å². The van der Waals surface area contributed by atoms with E-state index in [9.17, 15) is 4.79 Å². The fraction of sp³-hybridized carbons (Fsp3) is 0.636. The Bertz CT molecular complexity index is 840. The molecular formula is C22H32N4OS. The third-order valence-corrected chi connectivity index (χ3v) is 7.44. The Kier molecular flexibility index (Phi) is 5.88. The topological polar surface area (TPSA) is 48.5 Å². The highest BCUT2D eigenvalue weighted by Crippen LogP contribution is 2.33. The predicted octanol–water partition coefficient (Wildman–Crippen LogP) is 3.73. The maximum absolute atomic E-state index is 12.7. The van der Waals surface area contributed by atoms with Gasteiger partial charge >= 0.3 is 0 Å². The van der Waals surface area contributed by atoms with Crippen molar-refractivity contribution in [3.8, 4) is 0 Å². The number of carbonyl (C=O) groups excluding carboxylic acids is 1. The second-order valence-corrected chi connectivity index (χ2v) is 9.37. The first kappa shape index (κ1) is 19.6. The zero-order valence-electron chi connectivity index (χ0n) is 17.3. The molecular weight excluding hydrogens is 368 g/mol. The Labute approximate surface area is 172 Å². The standard InChI is InChI=1S/C22H32N4OS/c1-4-25-9-5-6-18(25)14-23-21(27)17-7-10-26(11-8-17)22-24-20-16(3)12-15(2)13-19(20)28-22/h12-13,17-18H,4-11,14H2,1-3H3,(H,23,27). The van der Waals surface area contributed by atoms with Gasteiger partial charge in [-0.1, -0.05) is 24.3 Å². The van der Waals surface area contributed by atoms with Gasteiger partial charge < -0.3 is 10.2 Å². The van der Waals surface area contributed by atoms with Crippen LogP contribution >= 0.6 is 11.3 Å². The maximum atomic E-state index is 12.7. The average Bonchev–Trinajstić information content (AvgIpc) is 3.32. The van der Waals surface area contributed by atoms with Crippen LogP contribution in [0.2, 0.25) is 0 Å². The van der Waals surface area contributed by atoms with Crippen molar-refractivity contribution in [2.75, 3.05) is 37.6 Å². The van der Waals surface area contributed by atoms with Crippen LogP contribution in [0.5, 0.6) is 0 Å². The highest BCUT2D eigenvalue weighted by molar-refractivity contribution is 7.22. The van der Waals surface area contributed by atoms with Gasteiger partial charge in [-0.25, -0.2) is 4.98 Å². The molecule has 1 aromatic heterocycles. The van der Waals surface area contributed by atoms with E-state index < -0.39 is 0 Å². The van der Waals surface area contributed by atoms with Crippen molar-refractivity contribution in [1.29, 1.82) is 0 Å². The van der Waals surface area contributed by atoms with Gasteiger partial charge in [0.2, 0.25) is 5.91 Å². The number of likely N-dealkylation sites (N-methyl/N-ethyl adjacent to an activating group) is 1. The molecule has 152 valence electrons. The van der Waals surface area contributed by atoms with Gasteiger partial charge in [-0.15, -0.1) is 0 Å². The van der Waals surface area contributed by atoms with Crippen LogP contribution in [-0.4, -0.2) is 54.6 Å². The molecule has 2 aromatic rings. The third kappa shape index (κ3) is 4.03. The number of amides is 1. The van der Waals surface area contributed by atoms with E-state index in [1.807, 2.05) is 0 Å². The number of aryl methyl sites for hydroxylation is 2. The monoisotopic (exact) mass is 400 g/mol. The zero-order chi connectivity index (χ0) is 19.7. The normalized spacial score (nSPS) is 21.5. The van der Waals surface area contributed by atoms with Crippen molar-refractivity contribution in [2.24, 2.45) is 5.92 Å². The van der Waals surface area contributed by atoms with E-state index in [4.69, 9.17) is 4.98 Å². The molecule has 4 rings (SSSR count). The molecule has 0 radical (unpaired) electrons. The molecule has 0 saturated carbocycles. The van der Waals surface area contributed by atoms with E-state index in [2.05, 4.69) is 48.0 Å². The minimum Gasteiger partial charge on any atom is -0.354 e. The number of benzene rings is 1. The van der Waals surface area contributed by atoms with Crippen molar-refractivity contribution in [3.63, 3.8) is 0 Å². The summed E-state index contributed by atoms with van der Waals surface area (Å²) < 4.78 is 1.27. The fourth-order valence-electron chi connectivity index (χ4n) is 4.73. The van der Waals surface area contributed by atoms with Gasteiger partial charge in [0.05, 0.1) is 10.2 Å². The molecule has 2 saturated heterocycles. The molecule has 2 aliphatic rings. The molecule has 28 heavy (non-hydrogen) atoms. The van der Waals surface area contributed by atoms with Crippen LogP contribution < -0.4 is 10.2 Å². The summed E-state index contributed by atoms with van der Waals surface area (Å²) in [6, 6.07) is 4.96. The summed E-state index contributed by atoms with van der Waals surface area (Å²) in [4.78, 5) is 22.4. The Balaban J connectivity index is 1.32. The second kappa shape index (κ2) is 8.37. The van der Waals surface area contributed by atoms with Gasteiger partial charge in [0.15, 0.2) is 5.13 Å². The summed E-state index contributed by atoms with van der Waals surface area (Å²) in [5.74, 6) is 0.393. The molecule has 1 atom stereocenters. The van der Waals surface area contributed by atoms with Crippen molar-refractivity contribution in [3.05, 3.63) is 23.3 Å².